The van der Waals surface area contributed by atoms with Crippen molar-refractivity contribution in [2.75, 3.05) is 11.9 Å². The number of aryl methyl sites for hydroxylation is 1. The van der Waals surface area contributed by atoms with E-state index in [1.165, 1.54) is 5.56 Å². The van der Waals surface area contributed by atoms with Crippen molar-refractivity contribution < 1.29 is 0 Å². The molecule has 64 valence electrons. The van der Waals surface area contributed by atoms with Crippen LogP contribution in [0.5, 0.6) is 0 Å². The smallest absolute Gasteiger partial charge is 0.126 e. The van der Waals surface area contributed by atoms with Crippen molar-refractivity contribution in [2.45, 2.75) is 6.92 Å². The van der Waals surface area contributed by atoms with E-state index in [-0.39, 0.29) is 0 Å². The first-order chi connectivity index (χ1) is 5.68. The average Bonchev–Trinajstić information content (AvgIpc) is 2.03. The largest absolute Gasteiger partial charge is 0.365 e. The molecule has 0 fully saturated rings. The van der Waals surface area contributed by atoms with E-state index in [9.17, 15) is 0 Å². The topological polar surface area (TPSA) is 24.9 Å². The zero-order chi connectivity index (χ0) is 8.97. The molecule has 0 bridgehead atoms. The number of nitrogens with one attached hydrogen (secondary N) is 1. The number of pyridine rings is 1. The summed E-state index contributed by atoms with van der Waals surface area (Å²) in [5.41, 5.74) is 1.17. The fraction of sp³-hybridized carbons (Fsp3) is 0.222. The molecule has 1 N–H and O–H groups in total. The summed E-state index contributed by atoms with van der Waals surface area (Å²) >= 11 is 3.26. The number of nitrogens with zero attached hydrogens (tertiary/aromatic N) is 1. The molecular weight excluding hydrogens is 216 g/mol. The zero-order valence-corrected chi connectivity index (χ0v) is 8.56. The molecule has 0 aliphatic rings. The summed E-state index contributed by atoms with van der Waals surface area (Å²) in [6.07, 6.45) is 1.83. The van der Waals surface area contributed by atoms with Crippen LogP contribution in [0.2, 0.25) is 0 Å². The van der Waals surface area contributed by atoms with E-state index in [2.05, 4.69) is 32.8 Å². The van der Waals surface area contributed by atoms with Crippen molar-refractivity contribution >= 4 is 21.7 Å². The minimum absolute atomic E-state index is 0.704. The third-order valence-corrected chi connectivity index (χ3v) is 1.65. The van der Waals surface area contributed by atoms with Crippen LogP contribution in [-0.4, -0.2) is 11.5 Å². The maximum absolute atomic E-state index is 4.18. The van der Waals surface area contributed by atoms with E-state index in [0.717, 1.165) is 10.3 Å². The van der Waals surface area contributed by atoms with Gasteiger partial charge in [0.15, 0.2) is 0 Å². The van der Waals surface area contributed by atoms with Crippen LogP contribution in [0.1, 0.15) is 5.56 Å². The molecule has 1 rings (SSSR count). The third-order valence-electron chi connectivity index (χ3n) is 1.37. The first-order valence-electron chi connectivity index (χ1n) is 3.68. The Morgan fingerprint density at radius 3 is 2.92 bits per heavy atom. The highest BCUT2D eigenvalue weighted by Gasteiger charge is 1.91. The van der Waals surface area contributed by atoms with Gasteiger partial charge >= 0.3 is 0 Å². The molecule has 0 atom stereocenters. The van der Waals surface area contributed by atoms with Gasteiger partial charge in [-0.1, -0.05) is 28.6 Å². The number of halogens is 1. The van der Waals surface area contributed by atoms with Crippen molar-refractivity contribution in [3.05, 3.63) is 35.0 Å². The lowest BCUT2D eigenvalue weighted by molar-refractivity contribution is 1.20. The van der Waals surface area contributed by atoms with Gasteiger partial charge in [0.2, 0.25) is 0 Å². The van der Waals surface area contributed by atoms with Gasteiger partial charge < -0.3 is 5.32 Å². The van der Waals surface area contributed by atoms with Crippen molar-refractivity contribution in [3.8, 4) is 0 Å². The van der Waals surface area contributed by atoms with Crippen molar-refractivity contribution in [1.29, 1.82) is 0 Å². The number of rotatable bonds is 3. The molecule has 1 heterocycles. The van der Waals surface area contributed by atoms with Crippen LogP contribution in [0.4, 0.5) is 5.82 Å². The molecule has 0 saturated carbocycles. The second-order valence-corrected chi connectivity index (χ2v) is 3.71. The Morgan fingerprint density at radius 2 is 2.42 bits per heavy atom. The van der Waals surface area contributed by atoms with E-state index in [0.29, 0.717) is 6.54 Å². The number of hydrogen-bond donors (Lipinski definition) is 1. The van der Waals surface area contributed by atoms with Crippen LogP contribution < -0.4 is 5.32 Å². The first-order valence-corrected chi connectivity index (χ1v) is 4.47. The molecule has 0 radical (unpaired) electrons. The van der Waals surface area contributed by atoms with E-state index < -0.39 is 0 Å². The SMILES string of the molecule is C=C(Br)CNc1ccc(C)cn1. The Labute approximate surface area is 80.8 Å². The first kappa shape index (κ1) is 9.26. The standard InChI is InChI=1S/C9H11BrN2/c1-7-3-4-9(11-5-7)12-6-8(2)10/h3-5H,2,6H2,1H3,(H,11,12). The summed E-state index contributed by atoms with van der Waals surface area (Å²) < 4.78 is 0.921. The van der Waals surface area contributed by atoms with Gasteiger partial charge in [0.25, 0.3) is 0 Å². The lowest BCUT2D eigenvalue weighted by atomic mass is 10.3. The molecule has 0 aliphatic carbocycles. The fourth-order valence-electron chi connectivity index (χ4n) is 0.759. The van der Waals surface area contributed by atoms with Crippen LogP contribution >= 0.6 is 15.9 Å². The van der Waals surface area contributed by atoms with E-state index in [1.807, 2.05) is 25.3 Å². The minimum atomic E-state index is 0.704. The van der Waals surface area contributed by atoms with Gasteiger partial charge in [-0.3, -0.25) is 0 Å². The number of anilines is 1. The van der Waals surface area contributed by atoms with Gasteiger partial charge in [-0.15, -0.1) is 0 Å². The number of aromatic nitrogens is 1. The van der Waals surface area contributed by atoms with E-state index >= 15 is 0 Å². The highest BCUT2D eigenvalue weighted by Crippen LogP contribution is 2.06. The summed E-state index contributed by atoms with van der Waals surface area (Å²) in [5, 5.41) is 3.11. The molecule has 0 aromatic carbocycles. The lowest BCUT2D eigenvalue weighted by Gasteiger charge is -2.03. The fourth-order valence-corrected chi connectivity index (χ4v) is 0.899. The quantitative estimate of drug-likeness (QED) is 0.858. The highest BCUT2D eigenvalue weighted by molar-refractivity contribution is 9.11. The lowest BCUT2D eigenvalue weighted by Crippen LogP contribution is -2.01. The summed E-state index contributed by atoms with van der Waals surface area (Å²) in [6, 6.07) is 3.97. The zero-order valence-electron chi connectivity index (χ0n) is 6.97. The Morgan fingerprint density at radius 1 is 1.67 bits per heavy atom. The molecule has 12 heavy (non-hydrogen) atoms. The van der Waals surface area contributed by atoms with Gasteiger partial charge in [0.1, 0.15) is 5.82 Å². The van der Waals surface area contributed by atoms with Crippen molar-refractivity contribution in [2.24, 2.45) is 0 Å². The maximum Gasteiger partial charge on any atom is 0.126 e. The van der Waals surface area contributed by atoms with Crippen LogP contribution in [0, 0.1) is 6.92 Å². The predicted octanol–water partition coefficient (Wildman–Crippen LogP) is 2.71. The van der Waals surface area contributed by atoms with Crippen molar-refractivity contribution in [3.63, 3.8) is 0 Å². The van der Waals surface area contributed by atoms with Gasteiger partial charge in [0.05, 0.1) is 0 Å². The Balaban J connectivity index is 2.53. The third kappa shape index (κ3) is 3.05. The molecule has 0 unspecified atom stereocenters. The van der Waals surface area contributed by atoms with Crippen LogP contribution in [-0.2, 0) is 0 Å². The van der Waals surface area contributed by atoms with Gasteiger partial charge in [-0.05, 0) is 18.6 Å². The Hall–Kier alpha value is -0.830. The summed E-state index contributed by atoms with van der Waals surface area (Å²) in [6.45, 7) is 6.43. The molecule has 0 saturated heterocycles. The van der Waals surface area contributed by atoms with Crippen molar-refractivity contribution in [1.82, 2.24) is 4.98 Å². The monoisotopic (exact) mass is 226 g/mol. The molecule has 0 spiro atoms. The summed E-state index contributed by atoms with van der Waals surface area (Å²) in [4.78, 5) is 4.18. The average molecular weight is 227 g/mol. The second-order valence-electron chi connectivity index (χ2n) is 2.59. The molecule has 1 aromatic heterocycles. The molecular formula is C9H11BrN2. The number of hydrogen-bond acceptors (Lipinski definition) is 2. The molecule has 3 heteroatoms. The minimum Gasteiger partial charge on any atom is -0.365 e. The summed E-state index contributed by atoms with van der Waals surface area (Å²) in [5.74, 6) is 0.876. The van der Waals surface area contributed by atoms with Gasteiger partial charge in [-0.25, -0.2) is 4.98 Å². The molecule has 0 amide bonds. The summed E-state index contributed by atoms with van der Waals surface area (Å²) in [7, 11) is 0. The van der Waals surface area contributed by atoms with E-state index in [1.54, 1.807) is 0 Å². The Kier molecular flexibility index (Phi) is 3.29. The van der Waals surface area contributed by atoms with Crippen LogP contribution in [0.3, 0.4) is 0 Å². The predicted molar refractivity (Wildman–Crippen MR) is 55.5 cm³/mol. The van der Waals surface area contributed by atoms with Crippen LogP contribution in [0.25, 0.3) is 0 Å². The van der Waals surface area contributed by atoms with Gasteiger partial charge in [0, 0.05) is 17.2 Å². The van der Waals surface area contributed by atoms with E-state index in [4.69, 9.17) is 0 Å². The molecule has 0 aliphatic heterocycles. The molecule has 1 aromatic rings. The highest BCUT2D eigenvalue weighted by atomic mass is 79.9. The molecule has 2 nitrogen and oxygen atoms in total. The van der Waals surface area contributed by atoms with Crippen LogP contribution in [0.15, 0.2) is 29.4 Å². The maximum atomic E-state index is 4.18. The van der Waals surface area contributed by atoms with Gasteiger partial charge in [-0.2, -0.15) is 0 Å². The normalized spacial score (nSPS) is 9.50. The second kappa shape index (κ2) is 4.26. The Bertz CT molecular complexity index is 266.